The SMILES string of the molecule is CC(C)CC1COCC1S(=O)(=O)Cl. The van der Waals surface area contributed by atoms with E-state index in [-0.39, 0.29) is 12.5 Å². The van der Waals surface area contributed by atoms with Gasteiger partial charge in [-0.05, 0) is 12.3 Å². The van der Waals surface area contributed by atoms with Crippen LogP contribution in [0.3, 0.4) is 0 Å². The molecule has 13 heavy (non-hydrogen) atoms. The average Bonchev–Trinajstić information content (AvgIpc) is 2.31. The molecule has 0 spiro atoms. The second kappa shape index (κ2) is 4.15. The summed E-state index contributed by atoms with van der Waals surface area (Å²) in [4.78, 5) is 0. The topological polar surface area (TPSA) is 43.4 Å². The van der Waals surface area contributed by atoms with Crippen molar-refractivity contribution in [1.29, 1.82) is 0 Å². The standard InChI is InChI=1S/C8H15ClO3S/c1-6(2)3-7-4-12-5-8(7)13(9,10)11/h6-8H,3-5H2,1-2H3. The molecule has 0 amide bonds. The smallest absolute Gasteiger partial charge is 0.238 e. The largest absolute Gasteiger partial charge is 0.380 e. The van der Waals surface area contributed by atoms with E-state index in [1.807, 2.05) is 0 Å². The van der Waals surface area contributed by atoms with E-state index in [0.717, 1.165) is 6.42 Å². The van der Waals surface area contributed by atoms with Crippen molar-refractivity contribution in [2.24, 2.45) is 11.8 Å². The molecule has 1 rings (SSSR count). The molecule has 1 aliphatic heterocycles. The molecule has 0 aromatic rings. The Morgan fingerprint density at radius 2 is 2.08 bits per heavy atom. The third-order valence-corrected chi connectivity index (χ3v) is 4.21. The molecule has 0 aromatic heterocycles. The minimum atomic E-state index is -3.45. The van der Waals surface area contributed by atoms with Crippen LogP contribution >= 0.6 is 10.7 Å². The van der Waals surface area contributed by atoms with Gasteiger partial charge in [0.15, 0.2) is 0 Å². The van der Waals surface area contributed by atoms with Crippen molar-refractivity contribution in [3.63, 3.8) is 0 Å². The molecule has 0 aromatic carbocycles. The van der Waals surface area contributed by atoms with Crippen molar-refractivity contribution in [2.75, 3.05) is 13.2 Å². The molecular weight excluding hydrogens is 212 g/mol. The van der Waals surface area contributed by atoms with Gasteiger partial charge in [-0.2, -0.15) is 0 Å². The molecule has 1 aliphatic rings. The Bertz CT molecular complexity index is 261. The van der Waals surface area contributed by atoms with Crippen molar-refractivity contribution >= 4 is 19.7 Å². The lowest BCUT2D eigenvalue weighted by molar-refractivity contribution is 0.181. The second-order valence-electron chi connectivity index (χ2n) is 3.94. The van der Waals surface area contributed by atoms with E-state index in [4.69, 9.17) is 15.4 Å². The van der Waals surface area contributed by atoms with Crippen LogP contribution in [0.1, 0.15) is 20.3 Å². The van der Waals surface area contributed by atoms with Crippen LogP contribution in [-0.4, -0.2) is 26.9 Å². The molecule has 1 saturated heterocycles. The summed E-state index contributed by atoms with van der Waals surface area (Å²) in [6.07, 6.45) is 0.858. The highest BCUT2D eigenvalue weighted by Gasteiger charge is 2.37. The Kier molecular flexibility index (Phi) is 3.60. The highest BCUT2D eigenvalue weighted by Crippen LogP contribution is 2.28. The van der Waals surface area contributed by atoms with Crippen molar-refractivity contribution in [3.05, 3.63) is 0 Å². The third kappa shape index (κ3) is 3.11. The first-order valence-electron chi connectivity index (χ1n) is 4.42. The predicted molar refractivity (Wildman–Crippen MR) is 52.3 cm³/mol. The second-order valence-corrected chi connectivity index (χ2v) is 6.79. The van der Waals surface area contributed by atoms with Crippen molar-refractivity contribution in [2.45, 2.75) is 25.5 Å². The highest BCUT2D eigenvalue weighted by molar-refractivity contribution is 8.14. The maximum Gasteiger partial charge on any atom is 0.238 e. The van der Waals surface area contributed by atoms with Crippen molar-refractivity contribution < 1.29 is 13.2 Å². The van der Waals surface area contributed by atoms with E-state index in [1.54, 1.807) is 0 Å². The van der Waals surface area contributed by atoms with Crippen LogP contribution in [0, 0.1) is 11.8 Å². The molecule has 0 aliphatic carbocycles. The van der Waals surface area contributed by atoms with E-state index >= 15 is 0 Å². The molecule has 2 atom stereocenters. The van der Waals surface area contributed by atoms with Gasteiger partial charge in [0.2, 0.25) is 9.05 Å². The molecule has 1 fully saturated rings. The maximum absolute atomic E-state index is 11.1. The number of hydrogen-bond acceptors (Lipinski definition) is 3. The fraction of sp³-hybridized carbons (Fsp3) is 1.00. The van der Waals surface area contributed by atoms with Gasteiger partial charge in [0, 0.05) is 16.6 Å². The van der Waals surface area contributed by atoms with Crippen LogP contribution in [0.4, 0.5) is 0 Å². The first kappa shape index (κ1) is 11.3. The Morgan fingerprint density at radius 3 is 2.54 bits per heavy atom. The fourth-order valence-corrected chi connectivity index (χ4v) is 3.21. The van der Waals surface area contributed by atoms with Crippen LogP contribution < -0.4 is 0 Å². The Labute approximate surface area is 83.8 Å². The van der Waals surface area contributed by atoms with E-state index in [0.29, 0.717) is 12.5 Å². The van der Waals surface area contributed by atoms with Crippen LogP contribution in [0.2, 0.25) is 0 Å². The van der Waals surface area contributed by atoms with Crippen LogP contribution in [0.5, 0.6) is 0 Å². The average molecular weight is 227 g/mol. The first-order chi connectivity index (χ1) is 5.91. The fourth-order valence-electron chi connectivity index (χ4n) is 1.72. The van der Waals surface area contributed by atoms with Gasteiger partial charge in [-0.1, -0.05) is 13.8 Å². The summed E-state index contributed by atoms with van der Waals surface area (Å²) < 4.78 is 27.4. The Balaban J connectivity index is 2.65. The molecular formula is C8H15ClO3S. The lowest BCUT2D eigenvalue weighted by Crippen LogP contribution is -2.26. The maximum atomic E-state index is 11.1. The minimum absolute atomic E-state index is 0.0718. The third-order valence-electron chi connectivity index (χ3n) is 2.28. The predicted octanol–water partition coefficient (Wildman–Crippen LogP) is 1.62. The number of rotatable bonds is 3. The highest BCUT2D eigenvalue weighted by atomic mass is 35.7. The molecule has 0 radical (unpaired) electrons. The zero-order valence-electron chi connectivity index (χ0n) is 7.86. The van der Waals surface area contributed by atoms with Crippen molar-refractivity contribution in [3.8, 4) is 0 Å². The van der Waals surface area contributed by atoms with Crippen molar-refractivity contribution in [1.82, 2.24) is 0 Å². The summed E-state index contributed by atoms with van der Waals surface area (Å²) in [6.45, 7) is 4.91. The molecule has 1 heterocycles. The lowest BCUT2D eigenvalue weighted by Gasteiger charge is -2.16. The zero-order chi connectivity index (χ0) is 10.1. The van der Waals surface area contributed by atoms with Gasteiger partial charge < -0.3 is 4.74 Å². The van der Waals surface area contributed by atoms with Gasteiger partial charge in [-0.3, -0.25) is 0 Å². The summed E-state index contributed by atoms with van der Waals surface area (Å²) in [5.41, 5.74) is 0. The van der Waals surface area contributed by atoms with Gasteiger partial charge in [0.05, 0.1) is 13.2 Å². The van der Waals surface area contributed by atoms with Crippen LogP contribution in [0.15, 0.2) is 0 Å². The van der Waals surface area contributed by atoms with Crippen LogP contribution in [-0.2, 0) is 13.8 Å². The molecule has 3 nitrogen and oxygen atoms in total. The molecule has 78 valence electrons. The van der Waals surface area contributed by atoms with Gasteiger partial charge in [0.25, 0.3) is 0 Å². The lowest BCUT2D eigenvalue weighted by atomic mass is 9.96. The summed E-state index contributed by atoms with van der Waals surface area (Å²) in [5, 5.41) is -0.503. The summed E-state index contributed by atoms with van der Waals surface area (Å²) in [6, 6.07) is 0. The zero-order valence-corrected chi connectivity index (χ0v) is 9.44. The molecule has 0 saturated carbocycles. The molecule has 0 bridgehead atoms. The van der Waals surface area contributed by atoms with Gasteiger partial charge >= 0.3 is 0 Å². The normalized spacial score (nSPS) is 29.8. The van der Waals surface area contributed by atoms with Gasteiger partial charge in [-0.15, -0.1) is 0 Å². The van der Waals surface area contributed by atoms with Gasteiger partial charge in [-0.25, -0.2) is 8.42 Å². The summed E-state index contributed by atoms with van der Waals surface area (Å²) in [5.74, 6) is 0.551. The first-order valence-corrected chi connectivity index (χ1v) is 6.79. The minimum Gasteiger partial charge on any atom is -0.380 e. The number of halogens is 1. The molecule has 0 N–H and O–H groups in total. The van der Waals surface area contributed by atoms with E-state index in [9.17, 15) is 8.42 Å². The van der Waals surface area contributed by atoms with Gasteiger partial charge in [0.1, 0.15) is 5.25 Å². The monoisotopic (exact) mass is 226 g/mol. The summed E-state index contributed by atoms with van der Waals surface area (Å²) >= 11 is 0. The molecule has 5 heteroatoms. The summed E-state index contributed by atoms with van der Waals surface area (Å²) in [7, 11) is 1.86. The number of ether oxygens (including phenoxy) is 1. The van der Waals surface area contributed by atoms with E-state index in [1.165, 1.54) is 0 Å². The van der Waals surface area contributed by atoms with E-state index in [2.05, 4.69) is 13.8 Å². The van der Waals surface area contributed by atoms with Crippen LogP contribution in [0.25, 0.3) is 0 Å². The molecule has 2 unspecified atom stereocenters. The number of hydrogen-bond donors (Lipinski definition) is 0. The quantitative estimate of drug-likeness (QED) is 0.687. The Hall–Kier alpha value is 0.200. The Morgan fingerprint density at radius 1 is 1.46 bits per heavy atom. The van der Waals surface area contributed by atoms with E-state index < -0.39 is 14.3 Å².